The topological polar surface area (TPSA) is 29.2 Å². The lowest BCUT2D eigenvalue weighted by atomic mass is 9.91. The Balaban J connectivity index is 1.49. The summed E-state index contributed by atoms with van der Waals surface area (Å²) in [5.41, 5.74) is 0. The minimum absolute atomic E-state index is 0.153. The maximum Gasteiger partial charge on any atom is 0.280 e. The van der Waals surface area contributed by atoms with Crippen LogP contribution in [0.1, 0.15) is 59.3 Å². The Morgan fingerprint density at radius 3 is 2.12 bits per heavy atom. The second-order valence-electron chi connectivity index (χ2n) is 9.06. The van der Waals surface area contributed by atoms with Gasteiger partial charge in [-0.05, 0) is 44.4 Å². The molecule has 0 aromatic heterocycles. The van der Waals surface area contributed by atoms with E-state index in [4.69, 9.17) is 0 Å². The van der Waals surface area contributed by atoms with Crippen LogP contribution in [0.2, 0.25) is 0 Å². The van der Waals surface area contributed by atoms with Crippen LogP contribution in [-0.4, -0.2) is 62.2 Å². The number of nitrogens with zero attached hydrogens (tertiary/aromatic N) is 1. The molecule has 3 aliphatic heterocycles. The van der Waals surface area contributed by atoms with Crippen molar-refractivity contribution in [3.05, 3.63) is 0 Å². The minimum Gasteiger partial charge on any atom is -0.337 e. The van der Waals surface area contributed by atoms with E-state index >= 15 is 0 Å². The van der Waals surface area contributed by atoms with E-state index < -0.39 is 0 Å². The lowest BCUT2D eigenvalue weighted by Gasteiger charge is -2.40. The molecule has 3 rings (SSSR count). The van der Waals surface area contributed by atoms with E-state index in [-0.39, 0.29) is 6.04 Å². The van der Waals surface area contributed by atoms with Gasteiger partial charge in [0.1, 0.15) is 0 Å². The molecule has 3 atom stereocenters. The summed E-state index contributed by atoms with van der Waals surface area (Å²) in [7, 11) is 0. The molecular weight excluding hydrogens is 298 g/mol. The highest BCUT2D eigenvalue weighted by atomic mass is 16.2. The van der Waals surface area contributed by atoms with Crippen LogP contribution in [0.5, 0.6) is 0 Å². The Morgan fingerprint density at radius 2 is 1.54 bits per heavy atom. The second kappa shape index (κ2) is 8.18. The lowest BCUT2D eigenvalue weighted by molar-refractivity contribution is -0.965. The van der Waals surface area contributed by atoms with E-state index in [0.29, 0.717) is 17.7 Å². The van der Waals surface area contributed by atoms with Crippen LogP contribution in [0.3, 0.4) is 0 Å². The van der Waals surface area contributed by atoms with Gasteiger partial charge in [0.05, 0.1) is 32.2 Å². The molecule has 2 N–H and O–H groups in total. The molecule has 0 saturated carbocycles. The molecule has 3 heterocycles. The summed E-state index contributed by atoms with van der Waals surface area (Å²) < 4.78 is 0. The van der Waals surface area contributed by atoms with Crippen molar-refractivity contribution in [2.75, 3.05) is 39.3 Å². The third-order valence-electron chi connectivity index (χ3n) is 6.86. The summed E-state index contributed by atoms with van der Waals surface area (Å²) in [5.74, 6) is 1.73. The number of piperidine rings is 3. The first-order chi connectivity index (χ1) is 11.5. The van der Waals surface area contributed by atoms with Crippen LogP contribution in [0.4, 0.5) is 0 Å². The van der Waals surface area contributed by atoms with Crippen molar-refractivity contribution in [1.29, 1.82) is 0 Å². The molecule has 138 valence electrons. The molecular formula is C20H39N3O+2. The van der Waals surface area contributed by atoms with E-state index in [0.717, 1.165) is 19.1 Å². The molecule has 3 fully saturated rings. The Kier molecular flexibility index (Phi) is 6.20. The number of rotatable bonds is 3. The second-order valence-corrected chi connectivity index (χ2v) is 9.06. The first kappa shape index (κ1) is 18.2. The third kappa shape index (κ3) is 4.32. The molecule has 3 saturated heterocycles. The number of hydrogen-bond acceptors (Lipinski definition) is 1. The number of quaternary nitrogens is 2. The van der Waals surface area contributed by atoms with Crippen LogP contribution >= 0.6 is 0 Å². The van der Waals surface area contributed by atoms with E-state index in [1.807, 2.05) is 4.90 Å². The van der Waals surface area contributed by atoms with Gasteiger partial charge in [-0.3, -0.25) is 4.79 Å². The first-order valence-corrected chi connectivity index (χ1v) is 10.5. The van der Waals surface area contributed by atoms with Crippen LogP contribution in [0, 0.1) is 11.8 Å². The monoisotopic (exact) mass is 337 g/mol. The van der Waals surface area contributed by atoms with E-state index in [1.54, 1.807) is 4.90 Å². The van der Waals surface area contributed by atoms with Crippen molar-refractivity contribution in [2.24, 2.45) is 11.8 Å². The first-order valence-electron chi connectivity index (χ1n) is 10.5. The van der Waals surface area contributed by atoms with E-state index in [1.165, 1.54) is 64.7 Å². The number of nitrogens with one attached hydrogen (secondary N) is 2. The van der Waals surface area contributed by atoms with Crippen molar-refractivity contribution in [3.63, 3.8) is 0 Å². The molecule has 0 aromatic rings. The Morgan fingerprint density at radius 1 is 0.958 bits per heavy atom. The Labute approximate surface area is 148 Å². The summed E-state index contributed by atoms with van der Waals surface area (Å²) in [5, 5.41) is 0. The molecule has 0 radical (unpaired) electrons. The number of carbonyl (C=O) groups is 1. The molecule has 0 spiro atoms. The van der Waals surface area contributed by atoms with Crippen molar-refractivity contribution in [3.8, 4) is 0 Å². The van der Waals surface area contributed by atoms with E-state index in [9.17, 15) is 4.79 Å². The fourth-order valence-electron chi connectivity index (χ4n) is 5.54. The Bertz CT molecular complexity index is 403. The van der Waals surface area contributed by atoms with Crippen molar-refractivity contribution >= 4 is 5.91 Å². The van der Waals surface area contributed by atoms with Gasteiger partial charge in [-0.25, -0.2) is 0 Å². The highest BCUT2D eigenvalue weighted by Crippen LogP contribution is 2.21. The smallest absolute Gasteiger partial charge is 0.280 e. The minimum atomic E-state index is 0.153. The molecule has 0 aromatic carbocycles. The molecule has 4 nitrogen and oxygen atoms in total. The van der Waals surface area contributed by atoms with Gasteiger partial charge < -0.3 is 14.7 Å². The molecule has 24 heavy (non-hydrogen) atoms. The maximum absolute atomic E-state index is 13.0. The zero-order chi connectivity index (χ0) is 17.1. The Hall–Kier alpha value is -0.610. The zero-order valence-corrected chi connectivity index (χ0v) is 16.2. The standard InChI is InChI=1S/C20H37N3O/c1-16-13-17(2)15-23(14-16)20(24)18(3)21-11-7-19(8-12-21)22-9-5-4-6-10-22/h16-19H,4-15H2,1-3H3/p+2/t16-,17+,18-/m1/s1. The predicted octanol–water partition coefficient (Wildman–Crippen LogP) is -0.00450. The SMILES string of the molecule is C[C@@H]1C[C@H](C)CN(C(=O)[C@@H](C)[NH+]2CCC([NH+]3CCCCC3)CC2)C1. The zero-order valence-electron chi connectivity index (χ0n) is 16.2. The van der Waals surface area contributed by atoms with Crippen LogP contribution in [-0.2, 0) is 4.79 Å². The normalized spacial score (nSPS) is 37.2. The molecule has 4 heteroatoms. The molecule has 0 unspecified atom stereocenters. The van der Waals surface area contributed by atoms with Crippen molar-refractivity contribution in [1.82, 2.24) is 4.90 Å². The fraction of sp³-hybridized carbons (Fsp3) is 0.950. The summed E-state index contributed by atoms with van der Waals surface area (Å²) in [6.45, 7) is 13.9. The summed E-state index contributed by atoms with van der Waals surface area (Å²) in [4.78, 5) is 18.5. The highest BCUT2D eigenvalue weighted by molar-refractivity contribution is 5.80. The van der Waals surface area contributed by atoms with Gasteiger partial charge in [-0.2, -0.15) is 0 Å². The maximum atomic E-state index is 13.0. The number of hydrogen-bond donors (Lipinski definition) is 2. The molecule has 0 aliphatic carbocycles. The lowest BCUT2D eigenvalue weighted by Crippen LogP contribution is -3.22. The van der Waals surface area contributed by atoms with Gasteiger partial charge in [0.15, 0.2) is 6.04 Å². The number of carbonyl (C=O) groups excluding carboxylic acids is 1. The number of likely N-dealkylation sites (tertiary alicyclic amines) is 3. The molecule has 3 aliphatic rings. The van der Waals surface area contributed by atoms with Gasteiger partial charge in [0.25, 0.3) is 5.91 Å². The van der Waals surface area contributed by atoms with Gasteiger partial charge in [-0.15, -0.1) is 0 Å². The van der Waals surface area contributed by atoms with E-state index in [2.05, 4.69) is 25.7 Å². The quantitative estimate of drug-likeness (QED) is 0.746. The van der Waals surface area contributed by atoms with Gasteiger partial charge in [0.2, 0.25) is 0 Å². The third-order valence-corrected chi connectivity index (χ3v) is 6.86. The van der Waals surface area contributed by atoms with Crippen molar-refractivity contribution in [2.45, 2.75) is 71.4 Å². The largest absolute Gasteiger partial charge is 0.337 e. The average Bonchev–Trinajstić information content (AvgIpc) is 2.60. The van der Waals surface area contributed by atoms with Crippen LogP contribution in [0.25, 0.3) is 0 Å². The summed E-state index contributed by atoms with van der Waals surface area (Å²) >= 11 is 0. The molecule has 0 bridgehead atoms. The molecule has 1 amide bonds. The predicted molar refractivity (Wildman–Crippen MR) is 97.3 cm³/mol. The van der Waals surface area contributed by atoms with Gasteiger partial charge >= 0.3 is 0 Å². The fourth-order valence-corrected chi connectivity index (χ4v) is 5.54. The number of amides is 1. The average molecular weight is 338 g/mol. The highest BCUT2D eigenvalue weighted by Gasteiger charge is 2.37. The van der Waals surface area contributed by atoms with Crippen LogP contribution < -0.4 is 9.80 Å². The summed E-state index contributed by atoms with van der Waals surface area (Å²) in [6, 6.07) is 1.02. The van der Waals surface area contributed by atoms with Crippen LogP contribution in [0.15, 0.2) is 0 Å². The summed E-state index contributed by atoms with van der Waals surface area (Å²) in [6.07, 6.45) is 8.18. The van der Waals surface area contributed by atoms with Gasteiger partial charge in [-0.1, -0.05) is 13.8 Å². The van der Waals surface area contributed by atoms with Gasteiger partial charge in [0, 0.05) is 25.9 Å². The van der Waals surface area contributed by atoms with Crippen molar-refractivity contribution < 1.29 is 14.6 Å².